The van der Waals surface area contributed by atoms with Crippen molar-refractivity contribution < 1.29 is 4.79 Å². The first-order valence-electron chi connectivity index (χ1n) is 5.93. The highest BCUT2D eigenvalue weighted by atomic mass is 32.2. The van der Waals surface area contributed by atoms with E-state index in [0.717, 1.165) is 29.0 Å². The number of aliphatic imine (C=N–C) groups is 1. The van der Waals surface area contributed by atoms with Crippen LogP contribution in [0.15, 0.2) is 35.3 Å². The molecule has 1 N–H and O–H groups in total. The van der Waals surface area contributed by atoms with Crippen molar-refractivity contribution in [2.24, 2.45) is 4.99 Å². The minimum atomic E-state index is 0.0729. The van der Waals surface area contributed by atoms with Gasteiger partial charge in [-0.05, 0) is 5.56 Å². The summed E-state index contributed by atoms with van der Waals surface area (Å²) < 4.78 is 0. The van der Waals surface area contributed by atoms with Crippen molar-refractivity contribution >= 4 is 34.6 Å². The largest absolute Gasteiger partial charge is 0.305 e. The second-order valence-electron chi connectivity index (χ2n) is 3.87. The molecule has 18 heavy (non-hydrogen) atoms. The molecule has 0 fully saturated rings. The van der Waals surface area contributed by atoms with Crippen LogP contribution in [0.25, 0.3) is 0 Å². The van der Waals surface area contributed by atoms with Gasteiger partial charge in [0.1, 0.15) is 0 Å². The second kappa shape index (κ2) is 7.48. The molecule has 0 spiro atoms. The van der Waals surface area contributed by atoms with Crippen LogP contribution in [0, 0.1) is 0 Å². The molecule has 5 heteroatoms. The standard InChI is InChI=1S/C13H16N2OS2/c16-12(15-13-14-7-9-18-13)6-8-17-10-11-4-2-1-3-5-11/h1-5H,6-10H2,(H,14,15,16). The van der Waals surface area contributed by atoms with Gasteiger partial charge in [0.15, 0.2) is 5.17 Å². The second-order valence-corrected chi connectivity index (χ2v) is 6.06. The van der Waals surface area contributed by atoms with E-state index in [2.05, 4.69) is 22.4 Å². The van der Waals surface area contributed by atoms with Crippen LogP contribution < -0.4 is 5.32 Å². The predicted molar refractivity (Wildman–Crippen MR) is 80.1 cm³/mol. The molecule has 0 radical (unpaired) electrons. The summed E-state index contributed by atoms with van der Waals surface area (Å²) in [5.74, 6) is 2.87. The van der Waals surface area contributed by atoms with E-state index < -0.39 is 0 Å². The summed E-state index contributed by atoms with van der Waals surface area (Å²) in [6, 6.07) is 10.3. The Morgan fingerprint density at radius 1 is 1.39 bits per heavy atom. The Balaban J connectivity index is 1.59. The first kappa shape index (κ1) is 13.5. The minimum Gasteiger partial charge on any atom is -0.305 e. The molecule has 1 heterocycles. The molecular weight excluding hydrogens is 264 g/mol. The van der Waals surface area contributed by atoms with Crippen molar-refractivity contribution in [2.45, 2.75) is 12.2 Å². The number of hydrogen-bond donors (Lipinski definition) is 1. The number of nitrogens with zero attached hydrogens (tertiary/aromatic N) is 1. The van der Waals surface area contributed by atoms with Crippen molar-refractivity contribution in [1.82, 2.24) is 5.32 Å². The van der Waals surface area contributed by atoms with Gasteiger partial charge in [-0.3, -0.25) is 9.79 Å². The average Bonchev–Trinajstić information content (AvgIpc) is 2.89. The van der Waals surface area contributed by atoms with E-state index in [4.69, 9.17) is 0 Å². The summed E-state index contributed by atoms with van der Waals surface area (Å²) in [5, 5.41) is 3.62. The summed E-state index contributed by atoms with van der Waals surface area (Å²) in [6.07, 6.45) is 0.553. The fourth-order valence-electron chi connectivity index (χ4n) is 1.52. The van der Waals surface area contributed by atoms with Gasteiger partial charge in [-0.25, -0.2) is 0 Å². The van der Waals surface area contributed by atoms with Crippen LogP contribution >= 0.6 is 23.5 Å². The molecule has 0 saturated heterocycles. The summed E-state index contributed by atoms with van der Waals surface area (Å²) in [4.78, 5) is 15.8. The maximum Gasteiger partial charge on any atom is 0.226 e. The number of carbonyl (C=O) groups excluding carboxylic acids is 1. The monoisotopic (exact) mass is 280 g/mol. The van der Waals surface area contributed by atoms with Crippen molar-refractivity contribution in [1.29, 1.82) is 0 Å². The van der Waals surface area contributed by atoms with E-state index in [-0.39, 0.29) is 5.91 Å². The van der Waals surface area contributed by atoms with Gasteiger partial charge in [0.2, 0.25) is 5.91 Å². The zero-order chi connectivity index (χ0) is 12.6. The fourth-order valence-corrected chi connectivity index (χ4v) is 3.17. The van der Waals surface area contributed by atoms with E-state index in [1.165, 1.54) is 5.56 Å². The smallest absolute Gasteiger partial charge is 0.226 e. The third kappa shape index (κ3) is 4.74. The highest BCUT2D eigenvalue weighted by Crippen LogP contribution is 2.13. The van der Waals surface area contributed by atoms with Gasteiger partial charge in [-0.1, -0.05) is 42.1 Å². The Bertz CT molecular complexity index is 420. The van der Waals surface area contributed by atoms with Crippen molar-refractivity contribution in [3.63, 3.8) is 0 Å². The Morgan fingerprint density at radius 2 is 2.22 bits per heavy atom. The lowest BCUT2D eigenvalue weighted by Gasteiger charge is -2.04. The van der Waals surface area contributed by atoms with Crippen molar-refractivity contribution in [2.75, 3.05) is 18.1 Å². The number of nitrogens with one attached hydrogen (secondary N) is 1. The van der Waals surface area contributed by atoms with E-state index in [9.17, 15) is 4.79 Å². The molecule has 3 nitrogen and oxygen atoms in total. The SMILES string of the molecule is O=C(CCSCc1ccccc1)NC1=NCCS1. The molecular formula is C13H16N2OS2. The maximum atomic E-state index is 11.6. The summed E-state index contributed by atoms with van der Waals surface area (Å²) in [5.41, 5.74) is 1.30. The zero-order valence-electron chi connectivity index (χ0n) is 10.1. The van der Waals surface area contributed by atoms with Crippen LogP contribution in [-0.2, 0) is 10.5 Å². The third-order valence-corrected chi connectivity index (χ3v) is 4.34. The quantitative estimate of drug-likeness (QED) is 0.843. The van der Waals surface area contributed by atoms with Crippen LogP contribution in [0.2, 0.25) is 0 Å². The number of amidine groups is 1. The Kier molecular flexibility index (Phi) is 5.61. The highest BCUT2D eigenvalue weighted by molar-refractivity contribution is 8.14. The molecule has 0 saturated carbocycles. The molecule has 0 atom stereocenters. The number of rotatable bonds is 5. The van der Waals surface area contributed by atoms with Gasteiger partial charge in [0, 0.05) is 23.7 Å². The van der Waals surface area contributed by atoms with Crippen LogP contribution in [-0.4, -0.2) is 29.1 Å². The van der Waals surface area contributed by atoms with E-state index >= 15 is 0 Å². The maximum absolute atomic E-state index is 11.6. The van der Waals surface area contributed by atoms with Gasteiger partial charge in [-0.15, -0.1) is 0 Å². The molecule has 1 aliphatic rings. The highest BCUT2D eigenvalue weighted by Gasteiger charge is 2.10. The number of carbonyl (C=O) groups is 1. The summed E-state index contributed by atoms with van der Waals surface area (Å²) >= 11 is 3.40. The lowest BCUT2D eigenvalue weighted by molar-refractivity contribution is -0.119. The Hall–Kier alpha value is -0.940. The molecule has 0 aliphatic carbocycles. The first-order valence-corrected chi connectivity index (χ1v) is 8.07. The zero-order valence-corrected chi connectivity index (χ0v) is 11.7. The number of amides is 1. The van der Waals surface area contributed by atoms with Gasteiger partial charge in [-0.2, -0.15) is 11.8 Å². The molecule has 2 rings (SSSR count). The molecule has 1 aromatic rings. The van der Waals surface area contributed by atoms with Crippen LogP contribution in [0.1, 0.15) is 12.0 Å². The van der Waals surface area contributed by atoms with E-state index in [1.54, 1.807) is 23.5 Å². The summed E-state index contributed by atoms with van der Waals surface area (Å²) in [7, 11) is 0. The molecule has 1 aliphatic heterocycles. The lowest BCUT2D eigenvalue weighted by atomic mass is 10.2. The predicted octanol–water partition coefficient (Wildman–Crippen LogP) is 2.53. The molecule has 0 unspecified atom stereocenters. The van der Waals surface area contributed by atoms with Gasteiger partial charge >= 0.3 is 0 Å². The number of benzene rings is 1. The van der Waals surface area contributed by atoms with Gasteiger partial charge < -0.3 is 5.32 Å². The van der Waals surface area contributed by atoms with E-state index in [0.29, 0.717) is 6.42 Å². The Labute approximate surface area is 116 Å². The van der Waals surface area contributed by atoms with Gasteiger partial charge in [0.25, 0.3) is 0 Å². The number of thioether (sulfide) groups is 2. The van der Waals surface area contributed by atoms with Crippen molar-refractivity contribution in [3.05, 3.63) is 35.9 Å². The summed E-state index contributed by atoms with van der Waals surface area (Å²) in [6.45, 7) is 0.822. The fraction of sp³-hybridized carbons (Fsp3) is 0.385. The average molecular weight is 280 g/mol. The van der Waals surface area contributed by atoms with Crippen LogP contribution in [0.5, 0.6) is 0 Å². The molecule has 96 valence electrons. The Morgan fingerprint density at radius 3 is 2.94 bits per heavy atom. The number of hydrogen-bond acceptors (Lipinski definition) is 4. The normalized spacial score (nSPS) is 14.3. The van der Waals surface area contributed by atoms with Crippen LogP contribution in [0.4, 0.5) is 0 Å². The molecule has 0 bridgehead atoms. The molecule has 1 amide bonds. The molecule has 1 aromatic carbocycles. The van der Waals surface area contributed by atoms with E-state index in [1.807, 2.05) is 18.2 Å². The molecule has 0 aromatic heterocycles. The first-order chi connectivity index (χ1) is 8.84. The topological polar surface area (TPSA) is 41.5 Å². The minimum absolute atomic E-state index is 0.0729. The third-order valence-electron chi connectivity index (χ3n) is 2.42. The van der Waals surface area contributed by atoms with Crippen molar-refractivity contribution in [3.8, 4) is 0 Å². The van der Waals surface area contributed by atoms with Gasteiger partial charge in [0.05, 0.1) is 6.54 Å². The lowest BCUT2D eigenvalue weighted by Crippen LogP contribution is -2.27. The van der Waals surface area contributed by atoms with Crippen LogP contribution in [0.3, 0.4) is 0 Å².